The zero-order valence-electron chi connectivity index (χ0n) is 21.9. The van der Waals surface area contributed by atoms with E-state index < -0.39 is 51.8 Å². The first-order valence-electron chi connectivity index (χ1n) is 12.2. The van der Waals surface area contributed by atoms with Gasteiger partial charge in [0.25, 0.3) is 0 Å². The summed E-state index contributed by atoms with van der Waals surface area (Å²) in [7, 11) is -0.0122. The smallest absolute Gasteiger partial charge is 0.330 e. The normalized spacial score (nSPS) is 16.5. The van der Waals surface area contributed by atoms with Crippen molar-refractivity contribution < 1.29 is 31.6 Å². The van der Waals surface area contributed by atoms with Gasteiger partial charge in [-0.15, -0.1) is 11.3 Å². The topological polar surface area (TPSA) is 132 Å². The van der Waals surface area contributed by atoms with Gasteiger partial charge in [-0.1, -0.05) is 0 Å². The minimum Gasteiger partial charge on any atom is -0.347 e. The maximum Gasteiger partial charge on any atom is 0.330 e. The summed E-state index contributed by atoms with van der Waals surface area (Å²) in [5, 5.41) is 2.33. The molecule has 1 aromatic heterocycles. The number of fused-ring (bicyclic) bond motifs is 1. The van der Waals surface area contributed by atoms with Crippen LogP contribution >= 0.6 is 11.3 Å². The van der Waals surface area contributed by atoms with Crippen molar-refractivity contribution in [3.05, 3.63) is 59.1 Å². The molecule has 1 fully saturated rings. The molecule has 4 amide bonds. The SMILES string of the molecule is CN(C)C(=O)C1CCCN1S(=O)(=O)NC(=O)N[C@@H](Cc1cc(F)cc(F)c1)C(=O)N(C)c1ccc2scnc2c1. The van der Waals surface area contributed by atoms with E-state index in [0.29, 0.717) is 30.1 Å². The Balaban J connectivity index is 1.56. The molecule has 1 aliphatic rings. The zero-order valence-corrected chi connectivity index (χ0v) is 23.6. The monoisotopic (exact) mass is 594 g/mol. The third-order valence-electron chi connectivity index (χ3n) is 6.46. The first-order chi connectivity index (χ1) is 18.9. The fourth-order valence-corrected chi connectivity index (χ4v) is 6.49. The van der Waals surface area contributed by atoms with E-state index in [2.05, 4.69) is 10.3 Å². The first kappa shape index (κ1) is 29.3. The summed E-state index contributed by atoms with van der Waals surface area (Å²) in [5.74, 6) is -2.85. The maximum atomic E-state index is 13.9. The van der Waals surface area contributed by atoms with Crippen LogP contribution in [0.1, 0.15) is 18.4 Å². The standard InChI is InChI=1S/C25H28F2N6O5S2/c1-31(2)24(35)21-5-4-8-33(21)40(37,38)30-25(36)29-20(11-15-9-16(26)12-17(27)10-15)23(34)32(3)18-6-7-22-19(13-18)28-14-39-22/h6-7,9-10,12-14,20-21H,4-5,8,11H2,1-3H3,(H2,29,30,36)/t20-,21?/m0/s1. The van der Waals surface area contributed by atoms with E-state index in [9.17, 15) is 31.6 Å². The van der Waals surface area contributed by atoms with Crippen LogP contribution in [-0.4, -0.2) is 80.2 Å². The number of nitrogens with zero attached hydrogens (tertiary/aromatic N) is 4. The molecule has 1 unspecified atom stereocenters. The van der Waals surface area contributed by atoms with Crippen molar-refractivity contribution in [3.8, 4) is 0 Å². The maximum absolute atomic E-state index is 13.9. The number of hydrogen-bond donors (Lipinski definition) is 2. The number of rotatable bonds is 8. The van der Waals surface area contributed by atoms with Gasteiger partial charge in [0, 0.05) is 45.9 Å². The molecule has 0 bridgehead atoms. The largest absolute Gasteiger partial charge is 0.347 e. The molecule has 2 atom stereocenters. The van der Waals surface area contributed by atoms with E-state index in [-0.39, 0.29) is 18.5 Å². The average Bonchev–Trinajstić information content (AvgIpc) is 3.55. The van der Waals surface area contributed by atoms with Crippen molar-refractivity contribution in [1.29, 1.82) is 0 Å². The molecule has 1 saturated heterocycles. The van der Waals surface area contributed by atoms with Crippen LogP contribution in [0.4, 0.5) is 19.3 Å². The highest BCUT2D eigenvalue weighted by Gasteiger charge is 2.40. The third-order valence-corrected chi connectivity index (χ3v) is 8.77. The molecule has 11 nitrogen and oxygen atoms in total. The number of nitrogens with one attached hydrogen (secondary N) is 2. The van der Waals surface area contributed by atoms with Crippen LogP contribution in [0.25, 0.3) is 10.2 Å². The Labute approximate surface area is 233 Å². The first-order valence-corrected chi connectivity index (χ1v) is 14.5. The average molecular weight is 595 g/mol. The fraction of sp³-hybridized carbons (Fsp3) is 0.360. The Kier molecular flexibility index (Phi) is 8.65. The fourth-order valence-electron chi connectivity index (χ4n) is 4.52. The lowest BCUT2D eigenvalue weighted by atomic mass is 10.0. The summed E-state index contributed by atoms with van der Waals surface area (Å²) < 4.78 is 57.5. The van der Waals surface area contributed by atoms with E-state index in [4.69, 9.17) is 0 Å². The van der Waals surface area contributed by atoms with Crippen LogP contribution in [0, 0.1) is 11.6 Å². The minimum absolute atomic E-state index is 0.0274. The molecule has 15 heteroatoms. The number of halogens is 2. The number of anilines is 1. The second kappa shape index (κ2) is 11.8. The Morgan fingerprint density at radius 3 is 2.50 bits per heavy atom. The van der Waals surface area contributed by atoms with Gasteiger partial charge in [0.15, 0.2) is 0 Å². The van der Waals surface area contributed by atoms with E-state index >= 15 is 0 Å². The van der Waals surface area contributed by atoms with Crippen LogP contribution in [0.15, 0.2) is 41.9 Å². The molecule has 2 heterocycles. The van der Waals surface area contributed by atoms with Crippen LogP contribution in [0.5, 0.6) is 0 Å². The van der Waals surface area contributed by atoms with Gasteiger partial charge in [-0.2, -0.15) is 12.7 Å². The van der Waals surface area contributed by atoms with E-state index in [1.165, 1.54) is 42.3 Å². The molecular formula is C25H28F2N6O5S2. The molecule has 2 N–H and O–H groups in total. The number of benzene rings is 2. The van der Waals surface area contributed by atoms with E-state index in [0.717, 1.165) is 21.1 Å². The highest BCUT2D eigenvalue weighted by Crippen LogP contribution is 2.25. The molecule has 0 saturated carbocycles. The van der Waals surface area contributed by atoms with Crippen molar-refractivity contribution in [2.75, 3.05) is 32.6 Å². The molecule has 40 heavy (non-hydrogen) atoms. The summed E-state index contributed by atoms with van der Waals surface area (Å²) in [6.45, 7) is 0.0274. The number of thiazole rings is 1. The molecule has 214 valence electrons. The van der Waals surface area contributed by atoms with Gasteiger partial charge in [-0.25, -0.2) is 23.3 Å². The van der Waals surface area contributed by atoms with Gasteiger partial charge in [-0.3, -0.25) is 9.59 Å². The van der Waals surface area contributed by atoms with Crippen LogP contribution in [0.3, 0.4) is 0 Å². The Morgan fingerprint density at radius 1 is 1.12 bits per heavy atom. The van der Waals surface area contributed by atoms with Crippen molar-refractivity contribution in [1.82, 2.24) is 24.2 Å². The Bertz CT molecular complexity index is 1530. The molecule has 0 radical (unpaired) electrons. The lowest BCUT2D eigenvalue weighted by Crippen LogP contribution is -2.56. The third kappa shape index (κ3) is 6.54. The Hall–Kier alpha value is -3.69. The van der Waals surface area contributed by atoms with E-state index in [1.54, 1.807) is 23.7 Å². The second-order valence-corrected chi connectivity index (χ2v) is 12.0. The van der Waals surface area contributed by atoms with Gasteiger partial charge in [-0.05, 0) is 48.7 Å². The molecule has 4 rings (SSSR count). The number of carbonyl (C=O) groups is 3. The van der Waals surface area contributed by atoms with Crippen LogP contribution in [0.2, 0.25) is 0 Å². The number of aromatic nitrogens is 1. The molecule has 0 spiro atoms. The van der Waals surface area contributed by atoms with Crippen molar-refractivity contribution in [2.24, 2.45) is 0 Å². The molecule has 2 aromatic carbocycles. The van der Waals surface area contributed by atoms with Crippen LogP contribution in [-0.2, 0) is 26.2 Å². The summed E-state index contributed by atoms with van der Waals surface area (Å²) >= 11 is 1.42. The second-order valence-electron chi connectivity index (χ2n) is 9.52. The van der Waals surface area contributed by atoms with Gasteiger partial charge in [0.2, 0.25) is 11.8 Å². The van der Waals surface area contributed by atoms with E-state index in [1.807, 2.05) is 4.72 Å². The lowest BCUT2D eigenvalue weighted by Gasteiger charge is -2.27. The highest BCUT2D eigenvalue weighted by atomic mass is 32.2. The number of amides is 4. The van der Waals surface area contributed by atoms with Crippen molar-refractivity contribution in [3.63, 3.8) is 0 Å². The number of hydrogen-bond acceptors (Lipinski definition) is 7. The predicted molar refractivity (Wildman–Crippen MR) is 146 cm³/mol. The van der Waals surface area contributed by atoms with Crippen molar-refractivity contribution >= 4 is 55.3 Å². The summed E-state index contributed by atoms with van der Waals surface area (Å²) in [6, 6.07) is 4.21. The molecular weight excluding hydrogens is 566 g/mol. The lowest BCUT2D eigenvalue weighted by molar-refractivity contribution is -0.132. The Morgan fingerprint density at radius 2 is 1.82 bits per heavy atom. The number of carbonyl (C=O) groups excluding carboxylic acids is 3. The molecule has 3 aromatic rings. The zero-order chi connectivity index (χ0) is 29.2. The minimum atomic E-state index is -4.46. The van der Waals surface area contributed by atoms with Gasteiger partial charge < -0.3 is 15.1 Å². The quantitative estimate of drug-likeness (QED) is 0.411. The number of likely N-dealkylation sites (N-methyl/N-ethyl adjacent to an activating group) is 2. The van der Waals surface area contributed by atoms with Gasteiger partial charge in [0.1, 0.15) is 23.7 Å². The summed E-state index contributed by atoms with van der Waals surface area (Å²) in [5.41, 5.74) is 2.81. The molecule has 0 aliphatic carbocycles. The predicted octanol–water partition coefficient (Wildman–Crippen LogP) is 2.25. The van der Waals surface area contributed by atoms with Crippen molar-refractivity contribution in [2.45, 2.75) is 31.3 Å². The highest BCUT2D eigenvalue weighted by molar-refractivity contribution is 7.87. The van der Waals surface area contributed by atoms with Gasteiger partial charge >= 0.3 is 16.2 Å². The summed E-state index contributed by atoms with van der Waals surface area (Å²) in [4.78, 5) is 45.6. The van der Waals surface area contributed by atoms with Gasteiger partial charge in [0.05, 0.1) is 15.7 Å². The molecule has 1 aliphatic heterocycles. The van der Waals surface area contributed by atoms with Crippen LogP contribution < -0.4 is 14.9 Å². The summed E-state index contributed by atoms with van der Waals surface area (Å²) in [6.07, 6.45) is 0.378. The number of urea groups is 1.